The monoisotopic (exact) mass is 217 g/mol. The average Bonchev–Trinajstić information content (AvgIpc) is 2.26. The van der Waals surface area contributed by atoms with Crippen molar-refractivity contribution < 1.29 is 0 Å². The van der Waals surface area contributed by atoms with E-state index in [0.29, 0.717) is 0 Å². The Morgan fingerprint density at radius 2 is 1.75 bits per heavy atom. The molecule has 1 N–H and O–H groups in total. The van der Waals surface area contributed by atoms with Crippen LogP contribution >= 0.6 is 0 Å². The van der Waals surface area contributed by atoms with E-state index in [1.807, 2.05) is 0 Å². The lowest BCUT2D eigenvalue weighted by Gasteiger charge is -2.26. The Labute approximate surface area is 99.3 Å². The predicted octanol–water partition coefficient (Wildman–Crippen LogP) is 4.26. The highest BCUT2D eigenvalue weighted by Crippen LogP contribution is 2.41. The number of anilines is 1. The Kier molecular flexibility index (Phi) is 2.52. The molecule has 1 aliphatic heterocycles. The minimum Gasteiger partial charge on any atom is -0.380 e. The Bertz CT molecular complexity index is 402. The van der Waals surface area contributed by atoms with Gasteiger partial charge in [0.05, 0.1) is 0 Å². The second kappa shape index (κ2) is 3.51. The van der Waals surface area contributed by atoms with E-state index in [1.54, 1.807) is 0 Å². The Morgan fingerprint density at radius 1 is 1.06 bits per heavy atom. The van der Waals surface area contributed by atoms with Gasteiger partial charge in [0.25, 0.3) is 0 Å². The van der Waals surface area contributed by atoms with Gasteiger partial charge in [0.2, 0.25) is 0 Å². The Morgan fingerprint density at radius 3 is 2.44 bits per heavy atom. The fraction of sp³-hybridized carbons (Fsp3) is 0.600. The number of hydrogen-bond acceptors (Lipinski definition) is 1. The third kappa shape index (κ3) is 1.95. The van der Waals surface area contributed by atoms with E-state index in [-0.39, 0.29) is 11.0 Å². The summed E-state index contributed by atoms with van der Waals surface area (Å²) in [5.41, 5.74) is 4.67. The van der Waals surface area contributed by atoms with Gasteiger partial charge in [-0.25, -0.2) is 0 Å². The molecule has 0 amide bonds. The topological polar surface area (TPSA) is 12.0 Å². The van der Waals surface area contributed by atoms with Gasteiger partial charge in [-0.2, -0.15) is 0 Å². The lowest BCUT2D eigenvalue weighted by Crippen LogP contribution is -2.30. The van der Waals surface area contributed by atoms with Crippen molar-refractivity contribution in [2.24, 2.45) is 0 Å². The third-order valence-electron chi connectivity index (χ3n) is 3.84. The van der Waals surface area contributed by atoms with Crippen LogP contribution in [0.2, 0.25) is 0 Å². The Hall–Kier alpha value is -0.980. The van der Waals surface area contributed by atoms with E-state index in [9.17, 15) is 0 Å². The van der Waals surface area contributed by atoms with E-state index in [4.69, 9.17) is 0 Å². The van der Waals surface area contributed by atoms with Gasteiger partial charge in [0, 0.05) is 11.2 Å². The first-order valence-electron chi connectivity index (χ1n) is 6.20. The van der Waals surface area contributed by atoms with E-state index >= 15 is 0 Å². The molecule has 0 atom stereocenters. The molecular weight excluding hydrogens is 194 g/mol. The van der Waals surface area contributed by atoms with Crippen LogP contribution in [0.25, 0.3) is 0 Å². The standard InChI is InChI=1S/C15H23N/c1-11-7-6-8-12-13(11)16-15(4,5)10-9-14(12,2)3/h6-8,16H,9-10H2,1-5H3. The first kappa shape index (κ1) is 11.5. The van der Waals surface area contributed by atoms with Gasteiger partial charge in [-0.1, -0.05) is 32.0 Å². The van der Waals surface area contributed by atoms with Gasteiger partial charge in [-0.3, -0.25) is 0 Å². The molecule has 0 spiro atoms. The zero-order valence-corrected chi connectivity index (χ0v) is 11.1. The molecule has 0 aromatic heterocycles. The van der Waals surface area contributed by atoms with Crippen LogP contribution in [0.1, 0.15) is 51.7 Å². The average molecular weight is 217 g/mol. The van der Waals surface area contributed by atoms with Gasteiger partial charge in [-0.15, -0.1) is 0 Å². The van der Waals surface area contributed by atoms with Crippen LogP contribution in [0.15, 0.2) is 18.2 Å². The maximum Gasteiger partial charge on any atom is 0.0412 e. The number of benzene rings is 1. The van der Waals surface area contributed by atoms with Crippen molar-refractivity contribution in [1.29, 1.82) is 0 Å². The first-order valence-corrected chi connectivity index (χ1v) is 6.20. The molecule has 1 nitrogen and oxygen atoms in total. The predicted molar refractivity (Wildman–Crippen MR) is 71.1 cm³/mol. The van der Waals surface area contributed by atoms with Gasteiger partial charge in [0.1, 0.15) is 0 Å². The lowest BCUT2D eigenvalue weighted by atomic mass is 9.79. The first-order chi connectivity index (χ1) is 7.32. The highest BCUT2D eigenvalue weighted by atomic mass is 15.0. The molecule has 0 bridgehead atoms. The molecule has 1 heterocycles. The van der Waals surface area contributed by atoms with Crippen molar-refractivity contribution in [3.05, 3.63) is 29.3 Å². The van der Waals surface area contributed by atoms with Crippen LogP contribution in [0.4, 0.5) is 5.69 Å². The molecule has 1 aliphatic rings. The van der Waals surface area contributed by atoms with Crippen molar-refractivity contribution in [3.63, 3.8) is 0 Å². The summed E-state index contributed by atoms with van der Waals surface area (Å²) in [7, 11) is 0. The zero-order chi connectivity index (χ0) is 12.0. The molecule has 0 aliphatic carbocycles. The molecule has 0 fully saturated rings. The van der Waals surface area contributed by atoms with Crippen LogP contribution < -0.4 is 5.32 Å². The van der Waals surface area contributed by atoms with Gasteiger partial charge < -0.3 is 5.32 Å². The van der Waals surface area contributed by atoms with Crippen molar-refractivity contribution in [1.82, 2.24) is 0 Å². The van der Waals surface area contributed by atoms with Crippen LogP contribution in [0.3, 0.4) is 0 Å². The molecule has 2 rings (SSSR count). The number of para-hydroxylation sites is 1. The van der Waals surface area contributed by atoms with E-state index in [2.05, 4.69) is 58.1 Å². The van der Waals surface area contributed by atoms with Crippen LogP contribution in [0.5, 0.6) is 0 Å². The van der Waals surface area contributed by atoms with Gasteiger partial charge in [0.15, 0.2) is 0 Å². The molecule has 1 aromatic rings. The quantitative estimate of drug-likeness (QED) is 0.684. The normalized spacial score (nSPS) is 21.8. The minimum atomic E-state index is 0.203. The highest BCUT2D eigenvalue weighted by molar-refractivity contribution is 5.61. The molecule has 0 unspecified atom stereocenters. The zero-order valence-electron chi connectivity index (χ0n) is 11.1. The summed E-state index contributed by atoms with van der Waals surface area (Å²) in [6.45, 7) is 11.5. The summed E-state index contributed by atoms with van der Waals surface area (Å²) in [5, 5.41) is 3.72. The number of aryl methyl sites for hydroxylation is 1. The van der Waals surface area contributed by atoms with Crippen LogP contribution in [-0.2, 0) is 5.41 Å². The molecule has 1 heteroatoms. The van der Waals surface area contributed by atoms with Crippen LogP contribution in [0, 0.1) is 6.92 Å². The molecule has 1 aromatic carbocycles. The Balaban J connectivity index is 2.58. The van der Waals surface area contributed by atoms with Crippen molar-refractivity contribution >= 4 is 5.69 Å². The fourth-order valence-electron chi connectivity index (χ4n) is 2.56. The van der Waals surface area contributed by atoms with E-state index in [0.717, 1.165) is 0 Å². The van der Waals surface area contributed by atoms with E-state index in [1.165, 1.54) is 29.7 Å². The largest absolute Gasteiger partial charge is 0.380 e. The number of fused-ring (bicyclic) bond motifs is 1. The molecule has 0 radical (unpaired) electrons. The summed E-state index contributed by atoms with van der Waals surface area (Å²) in [6.07, 6.45) is 2.46. The fourth-order valence-corrected chi connectivity index (χ4v) is 2.56. The molecule has 88 valence electrons. The number of nitrogens with one attached hydrogen (secondary N) is 1. The summed E-state index contributed by atoms with van der Waals surface area (Å²) in [6, 6.07) is 6.65. The highest BCUT2D eigenvalue weighted by Gasteiger charge is 2.32. The summed E-state index contributed by atoms with van der Waals surface area (Å²) in [4.78, 5) is 0. The maximum absolute atomic E-state index is 3.72. The van der Waals surface area contributed by atoms with Crippen molar-refractivity contribution in [2.45, 2.75) is 58.4 Å². The summed E-state index contributed by atoms with van der Waals surface area (Å²) in [5.74, 6) is 0. The number of hydrogen-bond donors (Lipinski definition) is 1. The second-order valence-electron chi connectivity index (χ2n) is 6.39. The van der Waals surface area contributed by atoms with Gasteiger partial charge in [-0.05, 0) is 50.2 Å². The molecule has 0 saturated heterocycles. The van der Waals surface area contributed by atoms with Crippen LogP contribution in [-0.4, -0.2) is 5.54 Å². The number of rotatable bonds is 0. The molecule has 0 saturated carbocycles. The van der Waals surface area contributed by atoms with Crippen molar-refractivity contribution in [2.75, 3.05) is 5.32 Å². The summed E-state index contributed by atoms with van der Waals surface area (Å²) >= 11 is 0. The van der Waals surface area contributed by atoms with Crippen molar-refractivity contribution in [3.8, 4) is 0 Å². The smallest absolute Gasteiger partial charge is 0.0412 e. The molecular formula is C15H23N. The maximum atomic E-state index is 3.72. The van der Waals surface area contributed by atoms with E-state index < -0.39 is 0 Å². The summed E-state index contributed by atoms with van der Waals surface area (Å²) < 4.78 is 0. The lowest BCUT2D eigenvalue weighted by molar-refractivity contribution is 0.411. The molecule has 16 heavy (non-hydrogen) atoms. The SMILES string of the molecule is Cc1cccc2c1NC(C)(C)CCC2(C)C. The van der Waals surface area contributed by atoms with Gasteiger partial charge >= 0.3 is 0 Å². The third-order valence-corrected chi connectivity index (χ3v) is 3.84. The minimum absolute atomic E-state index is 0.203. The second-order valence-corrected chi connectivity index (χ2v) is 6.39.